The molecule has 1 N–H and O–H groups in total. The fourth-order valence-corrected chi connectivity index (χ4v) is 1.59. The fraction of sp³-hybridized carbons (Fsp3) is 1.00. The molecule has 1 atom stereocenters. The largest absolute Gasteiger partial charge is 0.411 e. The minimum absolute atomic E-state index is 0.177. The molecular weight excluding hydrogens is 231 g/mol. The number of rotatable bonds is 9. The maximum absolute atomic E-state index is 11.8. The molecule has 0 bridgehead atoms. The summed E-state index contributed by atoms with van der Waals surface area (Å²) in [6, 6.07) is 0.365. The highest BCUT2D eigenvalue weighted by Gasteiger charge is 2.27. The quantitative estimate of drug-likeness (QED) is 0.638. The summed E-state index contributed by atoms with van der Waals surface area (Å²) in [5, 5.41) is 3.40. The van der Waals surface area contributed by atoms with Crippen LogP contribution in [-0.4, -0.2) is 32.0 Å². The highest BCUT2D eigenvalue weighted by atomic mass is 19.4. The summed E-state index contributed by atoms with van der Waals surface area (Å²) in [5.41, 5.74) is 0. The van der Waals surface area contributed by atoms with Gasteiger partial charge in [-0.25, -0.2) is 0 Å². The highest BCUT2D eigenvalue weighted by molar-refractivity contribution is 4.70. The van der Waals surface area contributed by atoms with E-state index in [1.807, 2.05) is 0 Å². The molecule has 0 aliphatic carbocycles. The van der Waals surface area contributed by atoms with Crippen LogP contribution in [0.3, 0.4) is 0 Å². The van der Waals surface area contributed by atoms with E-state index in [0.717, 1.165) is 19.4 Å². The van der Waals surface area contributed by atoms with Crippen LogP contribution < -0.4 is 5.32 Å². The smallest absolute Gasteiger partial charge is 0.372 e. The van der Waals surface area contributed by atoms with Crippen molar-refractivity contribution in [1.82, 2.24) is 5.32 Å². The molecule has 104 valence electrons. The molecule has 5 heteroatoms. The lowest BCUT2D eigenvalue weighted by atomic mass is 9.99. The van der Waals surface area contributed by atoms with Crippen molar-refractivity contribution in [2.75, 3.05) is 19.8 Å². The van der Waals surface area contributed by atoms with Gasteiger partial charge in [0.15, 0.2) is 0 Å². The number of ether oxygens (including phenoxy) is 1. The van der Waals surface area contributed by atoms with Crippen LogP contribution in [0.25, 0.3) is 0 Å². The second kappa shape index (κ2) is 8.75. The van der Waals surface area contributed by atoms with Gasteiger partial charge in [0.1, 0.15) is 6.61 Å². The Hall–Kier alpha value is -0.290. The zero-order chi connectivity index (χ0) is 13.3. The second-order valence-electron chi connectivity index (χ2n) is 4.61. The first-order valence-electron chi connectivity index (χ1n) is 6.24. The Bertz CT molecular complexity index is 183. The van der Waals surface area contributed by atoms with Gasteiger partial charge in [-0.15, -0.1) is 0 Å². The second-order valence-corrected chi connectivity index (χ2v) is 4.61. The lowest BCUT2D eigenvalue weighted by Gasteiger charge is -2.22. The minimum Gasteiger partial charge on any atom is -0.372 e. The molecule has 0 radical (unpaired) electrons. The molecule has 0 heterocycles. The molecule has 0 rings (SSSR count). The van der Waals surface area contributed by atoms with Crippen molar-refractivity contribution < 1.29 is 17.9 Å². The molecule has 0 amide bonds. The molecule has 17 heavy (non-hydrogen) atoms. The van der Waals surface area contributed by atoms with Crippen molar-refractivity contribution >= 4 is 0 Å². The molecule has 0 aromatic rings. The van der Waals surface area contributed by atoms with Crippen molar-refractivity contribution in [3.63, 3.8) is 0 Å². The fourth-order valence-electron chi connectivity index (χ4n) is 1.59. The maximum atomic E-state index is 11.8. The van der Waals surface area contributed by atoms with Crippen LogP contribution in [0.5, 0.6) is 0 Å². The van der Waals surface area contributed by atoms with Crippen LogP contribution >= 0.6 is 0 Å². The monoisotopic (exact) mass is 255 g/mol. The SMILES string of the molecule is CCCNC(CCCOCC(F)(F)F)C(C)C. The summed E-state index contributed by atoms with van der Waals surface area (Å²) in [6.45, 7) is 6.31. The Morgan fingerprint density at radius 1 is 1.24 bits per heavy atom. The Morgan fingerprint density at radius 3 is 2.35 bits per heavy atom. The minimum atomic E-state index is -4.21. The van der Waals surface area contributed by atoms with Crippen LogP contribution in [0.1, 0.15) is 40.0 Å². The van der Waals surface area contributed by atoms with Gasteiger partial charge in [0.05, 0.1) is 0 Å². The zero-order valence-electron chi connectivity index (χ0n) is 10.9. The Balaban J connectivity index is 3.61. The van der Waals surface area contributed by atoms with Crippen LogP contribution in [0, 0.1) is 5.92 Å². The van der Waals surface area contributed by atoms with Crippen LogP contribution in [0.2, 0.25) is 0 Å². The van der Waals surface area contributed by atoms with E-state index in [4.69, 9.17) is 0 Å². The normalized spacial score (nSPS) is 14.3. The highest BCUT2D eigenvalue weighted by Crippen LogP contribution is 2.15. The number of hydrogen-bond donors (Lipinski definition) is 1. The number of hydrogen-bond acceptors (Lipinski definition) is 2. The van der Waals surface area contributed by atoms with Gasteiger partial charge in [0.25, 0.3) is 0 Å². The van der Waals surface area contributed by atoms with Gasteiger partial charge in [-0.1, -0.05) is 20.8 Å². The third-order valence-electron chi connectivity index (χ3n) is 2.53. The lowest BCUT2D eigenvalue weighted by Crippen LogP contribution is -2.34. The summed E-state index contributed by atoms with van der Waals surface area (Å²) < 4.78 is 40.0. The Kier molecular flexibility index (Phi) is 8.60. The standard InChI is InChI=1S/C12H24F3NO/c1-4-7-16-11(10(2)3)6-5-8-17-9-12(13,14)15/h10-11,16H,4-9H2,1-3H3. The molecular formula is C12H24F3NO. The summed E-state index contributed by atoms with van der Waals surface area (Å²) in [7, 11) is 0. The van der Waals surface area contributed by atoms with E-state index in [9.17, 15) is 13.2 Å². The van der Waals surface area contributed by atoms with Crippen molar-refractivity contribution in [3.8, 4) is 0 Å². The van der Waals surface area contributed by atoms with Crippen molar-refractivity contribution in [2.24, 2.45) is 5.92 Å². The first kappa shape index (κ1) is 16.7. The lowest BCUT2D eigenvalue weighted by molar-refractivity contribution is -0.174. The van der Waals surface area contributed by atoms with E-state index in [1.54, 1.807) is 0 Å². The van der Waals surface area contributed by atoms with Gasteiger partial charge >= 0.3 is 6.18 Å². The molecule has 0 fully saturated rings. The van der Waals surface area contributed by atoms with E-state index >= 15 is 0 Å². The molecule has 0 aliphatic heterocycles. The molecule has 2 nitrogen and oxygen atoms in total. The van der Waals surface area contributed by atoms with Crippen LogP contribution in [-0.2, 0) is 4.74 Å². The third kappa shape index (κ3) is 10.6. The maximum Gasteiger partial charge on any atom is 0.411 e. The molecule has 0 saturated heterocycles. The average Bonchev–Trinajstić information content (AvgIpc) is 2.20. The van der Waals surface area contributed by atoms with Crippen molar-refractivity contribution in [2.45, 2.75) is 52.3 Å². The van der Waals surface area contributed by atoms with E-state index in [-0.39, 0.29) is 6.61 Å². The zero-order valence-corrected chi connectivity index (χ0v) is 10.9. The van der Waals surface area contributed by atoms with Crippen molar-refractivity contribution in [3.05, 3.63) is 0 Å². The van der Waals surface area contributed by atoms with Gasteiger partial charge in [-0.05, 0) is 31.7 Å². The summed E-state index contributed by atoms with van der Waals surface area (Å²) in [6.07, 6.45) is -1.63. The predicted molar refractivity (Wildman–Crippen MR) is 63.0 cm³/mol. The first-order valence-corrected chi connectivity index (χ1v) is 6.24. The van der Waals surface area contributed by atoms with E-state index < -0.39 is 12.8 Å². The van der Waals surface area contributed by atoms with Crippen LogP contribution in [0.15, 0.2) is 0 Å². The number of halogens is 3. The molecule has 1 unspecified atom stereocenters. The molecule has 0 aliphatic rings. The number of alkyl halides is 3. The van der Waals surface area contributed by atoms with E-state index in [2.05, 4.69) is 30.8 Å². The Labute approximate surface area is 102 Å². The summed E-state index contributed by atoms with van der Waals surface area (Å²) >= 11 is 0. The Morgan fingerprint density at radius 2 is 1.88 bits per heavy atom. The predicted octanol–water partition coefficient (Wildman–Crippen LogP) is 3.37. The first-order chi connectivity index (χ1) is 7.87. The topological polar surface area (TPSA) is 21.3 Å². The molecule has 0 aromatic carbocycles. The van der Waals surface area contributed by atoms with E-state index in [1.165, 1.54) is 0 Å². The van der Waals surface area contributed by atoms with Crippen LogP contribution in [0.4, 0.5) is 13.2 Å². The number of nitrogens with one attached hydrogen (secondary N) is 1. The van der Waals surface area contributed by atoms with Gasteiger partial charge in [0.2, 0.25) is 0 Å². The van der Waals surface area contributed by atoms with Crippen molar-refractivity contribution in [1.29, 1.82) is 0 Å². The summed E-state index contributed by atoms with van der Waals surface area (Å²) in [4.78, 5) is 0. The molecule has 0 aromatic heterocycles. The van der Waals surface area contributed by atoms with E-state index in [0.29, 0.717) is 18.4 Å². The van der Waals surface area contributed by atoms with Gasteiger partial charge in [0, 0.05) is 12.6 Å². The molecule has 0 spiro atoms. The average molecular weight is 255 g/mol. The summed E-state index contributed by atoms with van der Waals surface area (Å²) in [5.74, 6) is 0.490. The van der Waals surface area contributed by atoms with Gasteiger partial charge < -0.3 is 10.1 Å². The van der Waals surface area contributed by atoms with Gasteiger partial charge in [-0.2, -0.15) is 13.2 Å². The third-order valence-corrected chi connectivity index (χ3v) is 2.53. The molecule has 0 saturated carbocycles. The van der Waals surface area contributed by atoms with Gasteiger partial charge in [-0.3, -0.25) is 0 Å².